The van der Waals surface area contributed by atoms with E-state index < -0.39 is 17.4 Å². The van der Waals surface area contributed by atoms with Gasteiger partial charge in [0.05, 0.1) is 5.92 Å². The maximum atomic E-state index is 12.9. The highest BCUT2D eigenvalue weighted by molar-refractivity contribution is 8.01. The monoisotopic (exact) mass is 490 g/mol. The zero-order valence-corrected chi connectivity index (χ0v) is 19.9. The fourth-order valence-corrected chi connectivity index (χ4v) is 7.09. The van der Waals surface area contributed by atoms with E-state index in [-0.39, 0.29) is 23.4 Å². The topological polar surface area (TPSA) is 112 Å². The van der Waals surface area contributed by atoms with Crippen molar-refractivity contribution >= 4 is 52.6 Å². The van der Waals surface area contributed by atoms with E-state index >= 15 is 0 Å². The first-order valence-corrected chi connectivity index (χ1v) is 12.9. The summed E-state index contributed by atoms with van der Waals surface area (Å²) >= 11 is 4.34. The summed E-state index contributed by atoms with van der Waals surface area (Å²) in [5.41, 5.74) is 1.59. The number of nitrogens with one attached hydrogen (secondary N) is 1. The molecule has 8 nitrogen and oxygen atoms in total. The Balaban J connectivity index is 1.47. The lowest BCUT2D eigenvalue weighted by Gasteiger charge is -2.49. The molecule has 2 amide bonds. The van der Waals surface area contributed by atoms with Crippen molar-refractivity contribution < 1.29 is 19.5 Å². The molecule has 3 atom stereocenters. The number of carboxylic acids is 1. The lowest BCUT2D eigenvalue weighted by atomic mass is 9.94. The zero-order chi connectivity index (χ0) is 22.8. The molecule has 0 unspecified atom stereocenters. The molecular weight excluding hydrogens is 468 g/mol. The van der Waals surface area contributed by atoms with Crippen molar-refractivity contribution in [3.63, 3.8) is 0 Å². The molecular formula is C21H22N4O4S3. The van der Waals surface area contributed by atoms with Gasteiger partial charge in [0.15, 0.2) is 4.34 Å². The first-order valence-electron chi connectivity index (χ1n) is 10.1. The minimum atomic E-state index is -1.13. The number of hydrogen-bond acceptors (Lipinski definition) is 8. The Morgan fingerprint density at radius 3 is 2.69 bits per heavy atom. The fraction of sp³-hybridized carbons (Fsp3) is 0.381. The van der Waals surface area contributed by atoms with Crippen molar-refractivity contribution in [2.45, 2.75) is 41.9 Å². The summed E-state index contributed by atoms with van der Waals surface area (Å²) in [5, 5.41) is 21.1. The molecule has 2 aliphatic heterocycles. The summed E-state index contributed by atoms with van der Waals surface area (Å²) in [7, 11) is 0. The van der Waals surface area contributed by atoms with Gasteiger partial charge in [0.25, 0.3) is 5.91 Å². The number of thioether (sulfide) groups is 2. The number of aliphatic carboxylic acids is 1. The van der Waals surface area contributed by atoms with Crippen LogP contribution >= 0.6 is 34.9 Å². The van der Waals surface area contributed by atoms with Crippen LogP contribution in [0.5, 0.6) is 0 Å². The summed E-state index contributed by atoms with van der Waals surface area (Å²) < 4.78 is 0.762. The van der Waals surface area contributed by atoms with Crippen LogP contribution in [-0.2, 0) is 14.4 Å². The van der Waals surface area contributed by atoms with Crippen LogP contribution < -0.4 is 5.32 Å². The number of β-lactam (4-membered cyclic amide) rings is 1. The number of rotatable bonds is 8. The summed E-state index contributed by atoms with van der Waals surface area (Å²) in [6, 6.07) is 8.72. The van der Waals surface area contributed by atoms with E-state index in [2.05, 4.69) is 15.5 Å². The number of amides is 2. The van der Waals surface area contributed by atoms with Gasteiger partial charge in [-0.1, -0.05) is 60.4 Å². The molecule has 1 aromatic heterocycles. The van der Waals surface area contributed by atoms with E-state index in [1.807, 2.05) is 44.2 Å². The lowest BCUT2D eigenvalue weighted by Crippen LogP contribution is -2.70. The van der Waals surface area contributed by atoms with Crippen molar-refractivity contribution in [3.8, 4) is 0 Å². The Bertz CT molecular complexity index is 1070. The van der Waals surface area contributed by atoms with Crippen LogP contribution in [-0.4, -0.2) is 60.9 Å². The summed E-state index contributed by atoms with van der Waals surface area (Å²) in [6.07, 6.45) is 0.602. The molecule has 1 saturated heterocycles. The standard InChI is InChI=1S/C21H22N4O4S3/c1-3-14(12-7-5-4-6-8-12)17(26)22-15-18(27)25-16(20(28)29)13(9-30-19(15)25)10-31-21-24-23-11(2)32-21/h4-8,14-15,19H,3,9-10H2,1-2H3,(H,22,26)(H,28,29)/t14-,15+,19+/m0/s1. The predicted molar refractivity (Wildman–Crippen MR) is 125 cm³/mol. The summed E-state index contributed by atoms with van der Waals surface area (Å²) in [6.45, 7) is 3.79. The quantitative estimate of drug-likeness (QED) is 0.429. The number of carboxylic acid groups (broad SMARTS) is 1. The first-order chi connectivity index (χ1) is 15.4. The molecule has 0 spiro atoms. The highest BCUT2D eigenvalue weighted by atomic mass is 32.2. The molecule has 11 heteroatoms. The number of carbonyl (C=O) groups excluding carboxylic acids is 2. The second-order valence-electron chi connectivity index (χ2n) is 7.40. The molecule has 1 fully saturated rings. The maximum Gasteiger partial charge on any atom is 0.352 e. The third-order valence-electron chi connectivity index (χ3n) is 5.35. The molecule has 0 aliphatic carbocycles. The van der Waals surface area contributed by atoms with Gasteiger partial charge in [0, 0.05) is 11.5 Å². The number of fused-ring (bicyclic) bond motifs is 1. The van der Waals surface area contributed by atoms with E-state index in [1.54, 1.807) is 0 Å². The van der Waals surface area contributed by atoms with Gasteiger partial charge < -0.3 is 10.4 Å². The van der Waals surface area contributed by atoms with E-state index in [1.165, 1.54) is 39.8 Å². The Hall–Kier alpha value is -2.37. The van der Waals surface area contributed by atoms with Gasteiger partial charge in [-0.3, -0.25) is 14.5 Å². The number of aromatic nitrogens is 2. The highest BCUT2D eigenvalue weighted by Gasteiger charge is 2.54. The molecule has 4 rings (SSSR count). The van der Waals surface area contributed by atoms with Gasteiger partial charge >= 0.3 is 5.97 Å². The van der Waals surface area contributed by atoms with Crippen molar-refractivity contribution in [3.05, 3.63) is 52.2 Å². The van der Waals surface area contributed by atoms with Crippen molar-refractivity contribution in [1.29, 1.82) is 0 Å². The SMILES string of the molecule is CC[C@H](C(=O)N[C@@H]1C(=O)N2C(C(=O)O)=C(CSc3nnc(C)s3)CS[C@H]12)c1ccccc1. The average Bonchev–Trinajstić information content (AvgIpc) is 3.21. The third-order valence-corrected chi connectivity index (χ3v) is 8.75. The van der Waals surface area contributed by atoms with Gasteiger partial charge in [0.2, 0.25) is 5.91 Å². The smallest absolute Gasteiger partial charge is 0.352 e. The van der Waals surface area contributed by atoms with Crippen LogP contribution in [0.2, 0.25) is 0 Å². The minimum Gasteiger partial charge on any atom is -0.477 e. The van der Waals surface area contributed by atoms with Gasteiger partial charge in [-0.15, -0.1) is 22.0 Å². The molecule has 3 heterocycles. The predicted octanol–water partition coefficient (Wildman–Crippen LogP) is 2.87. The van der Waals surface area contributed by atoms with Gasteiger partial charge in [-0.05, 0) is 24.5 Å². The maximum absolute atomic E-state index is 12.9. The fourth-order valence-electron chi connectivity index (χ4n) is 3.79. The molecule has 0 radical (unpaired) electrons. The number of aryl methyl sites for hydroxylation is 1. The first kappa shape index (κ1) is 22.8. The number of benzene rings is 1. The van der Waals surface area contributed by atoms with Crippen LogP contribution in [0.25, 0.3) is 0 Å². The van der Waals surface area contributed by atoms with E-state index in [0.717, 1.165) is 14.9 Å². The van der Waals surface area contributed by atoms with Crippen LogP contribution in [0.1, 0.15) is 29.8 Å². The molecule has 2 aromatic rings. The molecule has 168 valence electrons. The third kappa shape index (κ3) is 4.41. The second-order valence-corrected chi connectivity index (χ2v) is 10.9. The number of nitrogens with zero attached hydrogens (tertiary/aromatic N) is 3. The summed E-state index contributed by atoms with van der Waals surface area (Å²) in [4.78, 5) is 39.1. The summed E-state index contributed by atoms with van der Waals surface area (Å²) in [5.74, 6) is -1.20. The molecule has 0 bridgehead atoms. The lowest BCUT2D eigenvalue weighted by molar-refractivity contribution is -0.150. The Kier molecular flexibility index (Phi) is 6.87. The van der Waals surface area contributed by atoms with Crippen LogP contribution in [0.4, 0.5) is 0 Å². The average molecular weight is 491 g/mol. The minimum absolute atomic E-state index is 0.0214. The molecule has 0 saturated carbocycles. The molecule has 2 aliphatic rings. The van der Waals surface area contributed by atoms with Crippen LogP contribution in [0.15, 0.2) is 45.9 Å². The van der Waals surface area contributed by atoms with Crippen LogP contribution in [0, 0.1) is 6.92 Å². The Labute approximate surface area is 197 Å². The van der Waals surface area contributed by atoms with Gasteiger partial charge in [-0.25, -0.2) is 4.79 Å². The van der Waals surface area contributed by atoms with Gasteiger partial charge in [0.1, 0.15) is 22.1 Å². The largest absolute Gasteiger partial charge is 0.477 e. The van der Waals surface area contributed by atoms with Crippen LogP contribution in [0.3, 0.4) is 0 Å². The molecule has 32 heavy (non-hydrogen) atoms. The van der Waals surface area contributed by atoms with Crippen molar-refractivity contribution in [2.24, 2.45) is 0 Å². The number of carbonyl (C=O) groups is 3. The zero-order valence-electron chi connectivity index (χ0n) is 17.5. The second kappa shape index (κ2) is 9.63. The number of hydrogen-bond donors (Lipinski definition) is 2. The van der Waals surface area contributed by atoms with E-state index in [0.29, 0.717) is 23.5 Å². The molecule has 1 aromatic carbocycles. The van der Waals surface area contributed by atoms with E-state index in [9.17, 15) is 19.5 Å². The van der Waals surface area contributed by atoms with Crippen molar-refractivity contribution in [2.75, 3.05) is 11.5 Å². The highest BCUT2D eigenvalue weighted by Crippen LogP contribution is 2.42. The normalized spacial score (nSPS) is 21.1. The molecule has 2 N–H and O–H groups in total. The van der Waals surface area contributed by atoms with Gasteiger partial charge in [-0.2, -0.15) is 0 Å². The Morgan fingerprint density at radius 2 is 2.06 bits per heavy atom. The van der Waals surface area contributed by atoms with E-state index in [4.69, 9.17) is 0 Å². The Morgan fingerprint density at radius 1 is 1.31 bits per heavy atom. The van der Waals surface area contributed by atoms with Crippen molar-refractivity contribution in [1.82, 2.24) is 20.4 Å².